The smallest absolute Gasteiger partial charge is 0.311 e. The highest BCUT2D eigenvalue weighted by Crippen LogP contribution is 2.35. The second-order valence-electron chi connectivity index (χ2n) is 13.7. The van der Waals surface area contributed by atoms with Crippen LogP contribution in [0, 0.1) is 17.8 Å². The summed E-state index contributed by atoms with van der Waals surface area (Å²) in [5.74, 6) is -1.67. The highest BCUT2D eigenvalue weighted by atomic mass is 16.7. The van der Waals surface area contributed by atoms with Crippen LogP contribution in [0.2, 0.25) is 0 Å². The molecule has 4 N–H and O–H groups in total. The van der Waals surface area contributed by atoms with E-state index < -0.39 is 47.5 Å². The van der Waals surface area contributed by atoms with E-state index in [4.69, 9.17) is 23.7 Å². The standard InChI is InChI=1S/C31H58N2O8.2C2H6.H2O/c1-20-14-33(11)18-31(8,39-17-21(2)16-37-15-20)28(41-26-13-25(32(9)10)12-22(3)40-26)23(4)27(34)24(5)29(35)38-19-30(6,7)36;2*1-2;/h20,22-28,34,36H,2,12-19H2,1,3-11H3;2*1-2H3;1H2/t20?,22?,23-,24?,25?,26?,27-,28+,31+;;;/m0.../s1. The summed E-state index contributed by atoms with van der Waals surface area (Å²) >= 11 is 0. The molecule has 0 aromatic heterocycles. The van der Waals surface area contributed by atoms with E-state index in [9.17, 15) is 15.0 Å². The van der Waals surface area contributed by atoms with Crippen molar-refractivity contribution in [3.05, 3.63) is 12.2 Å². The molecule has 5 unspecified atom stereocenters. The number of esters is 1. The van der Waals surface area contributed by atoms with Crippen LogP contribution < -0.4 is 0 Å². The minimum atomic E-state index is -1.17. The van der Waals surface area contributed by atoms with Crippen LogP contribution in [0.1, 0.15) is 89.0 Å². The Morgan fingerprint density at radius 1 is 1.15 bits per heavy atom. The van der Waals surface area contributed by atoms with E-state index >= 15 is 0 Å². The summed E-state index contributed by atoms with van der Waals surface area (Å²) in [5, 5.41) is 21.6. The number of carbonyl (C=O) groups excluding carboxylic acids is 1. The first-order valence-corrected chi connectivity index (χ1v) is 17.0. The molecule has 0 aromatic rings. The van der Waals surface area contributed by atoms with E-state index in [0.717, 1.165) is 18.5 Å². The van der Waals surface area contributed by atoms with Crippen molar-refractivity contribution in [1.29, 1.82) is 0 Å². The molecule has 2 heterocycles. The highest BCUT2D eigenvalue weighted by Gasteiger charge is 2.47. The SMILES string of the molecule is C=C1COCC(C)CN(C)C[C@](C)([C@H](OC2CC(N(C)C)CC(C)O2)[C@@H](C)[C@H](O)C(C)C(=O)OCC(C)(C)O)OC1.CC.CC.O. The van der Waals surface area contributed by atoms with Gasteiger partial charge < -0.3 is 49.2 Å². The Bertz CT molecular complexity index is 837. The molecular formula is C35H72N2O9. The number of hydrogen-bond donors (Lipinski definition) is 2. The van der Waals surface area contributed by atoms with Crippen LogP contribution in [0.4, 0.5) is 0 Å². The van der Waals surface area contributed by atoms with E-state index in [1.807, 2.05) is 55.5 Å². The van der Waals surface area contributed by atoms with Gasteiger partial charge >= 0.3 is 5.97 Å². The van der Waals surface area contributed by atoms with Crippen LogP contribution in [-0.4, -0.2) is 134 Å². The molecule has 0 spiro atoms. The molecule has 0 radical (unpaired) electrons. The Hall–Kier alpha value is -1.15. The molecular weight excluding hydrogens is 592 g/mol. The summed E-state index contributed by atoms with van der Waals surface area (Å²) in [5.41, 5.74) is -1.24. The average molecular weight is 665 g/mol. The first-order valence-electron chi connectivity index (χ1n) is 17.0. The van der Waals surface area contributed by atoms with E-state index in [1.54, 1.807) is 20.8 Å². The Labute approximate surface area is 281 Å². The van der Waals surface area contributed by atoms with Gasteiger partial charge in [0.05, 0.1) is 49.7 Å². The summed E-state index contributed by atoms with van der Waals surface area (Å²) in [6.45, 7) is 27.4. The summed E-state index contributed by atoms with van der Waals surface area (Å²) in [7, 11) is 6.16. The minimum absolute atomic E-state index is 0. The molecule has 11 nitrogen and oxygen atoms in total. The lowest BCUT2D eigenvalue weighted by atomic mass is 9.81. The van der Waals surface area contributed by atoms with Gasteiger partial charge in [-0.1, -0.05) is 48.1 Å². The Kier molecular flexibility index (Phi) is 23.0. The third-order valence-corrected chi connectivity index (χ3v) is 8.07. The predicted octanol–water partition coefficient (Wildman–Crippen LogP) is 3.93. The molecule has 0 saturated carbocycles. The number of aliphatic hydroxyl groups excluding tert-OH is 1. The number of rotatable bonds is 10. The number of nitrogens with zero attached hydrogens (tertiary/aromatic N) is 2. The van der Waals surface area contributed by atoms with Crippen LogP contribution >= 0.6 is 0 Å². The van der Waals surface area contributed by atoms with Crippen molar-refractivity contribution in [2.24, 2.45) is 17.8 Å². The fourth-order valence-corrected chi connectivity index (χ4v) is 5.84. The third-order valence-electron chi connectivity index (χ3n) is 8.07. The molecule has 9 atom stereocenters. The lowest BCUT2D eigenvalue weighted by Gasteiger charge is -2.47. The molecule has 276 valence electrons. The normalized spacial score (nSPS) is 29.3. The van der Waals surface area contributed by atoms with Gasteiger partial charge in [0.1, 0.15) is 12.2 Å². The largest absolute Gasteiger partial charge is 0.462 e. The minimum Gasteiger partial charge on any atom is -0.462 e. The maximum atomic E-state index is 12.9. The van der Waals surface area contributed by atoms with Crippen LogP contribution in [0.25, 0.3) is 0 Å². The van der Waals surface area contributed by atoms with Gasteiger partial charge in [-0.2, -0.15) is 0 Å². The van der Waals surface area contributed by atoms with Gasteiger partial charge in [-0.3, -0.25) is 4.79 Å². The van der Waals surface area contributed by atoms with Gasteiger partial charge in [-0.25, -0.2) is 0 Å². The van der Waals surface area contributed by atoms with Crippen molar-refractivity contribution >= 4 is 5.97 Å². The highest BCUT2D eigenvalue weighted by molar-refractivity contribution is 5.72. The van der Waals surface area contributed by atoms with Gasteiger partial charge in [0.2, 0.25) is 0 Å². The van der Waals surface area contributed by atoms with E-state index in [-0.39, 0.29) is 30.8 Å². The number of ether oxygens (including phenoxy) is 5. The van der Waals surface area contributed by atoms with Crippen molar-refractivity contribution in [1.82, 2.24) is 9.80 Å². The van der Waals surface area contributed by atoms with Crippen molar-refractivity contribution in [2.45, 2.75) is 131 Å². The number of hydrogen-bond acceptors (Lipinski definition) is 10. The topological polar surface area (TPSA) is 142 Å². The van der Waals surface area contributed by atoms with E-state index in [2.05, 4.69) is 37.4 Å². The Balaban J connectivity index is 0. The summed E-state index contributed by atoms with van der Waals surface area (Å²) < 4.78 is 30.9. The number of likely N-dealkylation sites (N-methyl/N-ethyl adjacent to an activating group) is 1. The first-order chi connectivity index (χ1) is 20.9. The monoisotopic (exact) mass is 665 g/mol. The Morgan fingerprint density at radius 2 is 1.74 bits per heavy atom. The molecule has 2 saturated heterocycles. The zero-order chi connectivity index (χ0) is 35.1. The quantitative estimate of drug-likeness (QED) is 0.261. The maximum absolute atomic E-state index is 12.9. The van der Waals surface area contributed by atoms with E-state index in [1.165, 1.54) is 0 Å². The predicted molar refractivity (Wildman–Crippen MR) is 185 cm³/mol. The van der Waals surface area contributed by atoms with Crippen LogP contribution in [0.3, 0.4) is 0 Å². The molecule has 2 aliphatic rings. The first kappa shape index (κ1) is 47.0. The lowest BCUT2D eigenvalue weighted by Crippen LogP contribution is -2.59. The number of aliphatic hydroxyl groups is 2. The molecule has 46 heavy (non-hydrogen) atoms. The molecule has 0 amide bonds. The molecule has 11 heteroatoms. The molecule has 2 rings (SSSR count). The molecule has 0 aliphatic carbocycles. The second kappa shape index (κ2) is 22.5. The average Bonchev–Trinajstić information content (AvgIpc) is 2.99. The molecule has 0 bridgehead atoms. The van der Waals surface area contributed by atoms with Gasteiger partial charge in [-0.15, -0.1) is 0 Å². The molecule has 2 aliphatic heterocycles. The maximum Gasteiger partial charge on any atom is 0.311 e. The van der Waals surface area contributed by atoms with Crippen LogP contribution in [0.5, 0.6) is 0 Å². The van der Waals surface area contributed by atoms with Gasteiger partial charge in [0.25, 0.3) is 0 Å². The third kappa shape index (κ3) is 16.3. The van der Waals surface area contributed by atoms with Gasteiger partial charge in [0, 0.05) is 31.5 Å². The second-order valence-corrected chi connectivity index (χ2v) is 13.7. The molecule has 0 aromatic carbocycles. The van der Waals surface area contributed by atoms with Gasteiger partial charge in [-0.05, 0) is 73.7 Å². The molecule has 2 fully saturated rings. The van der Waals surface area contributed by atoms with Crippen LogP contribution in [-0.2, 0) is 28.5 Å². The summed E-state index contributed by atoms with van der Waals surface area (Å²) in [4.78, 5) is 17.3. The van der Waals surface area contributed by atoms with Crippen molar-refractivity contribution in [2.75, 3.05) is 60.7 Å². The fourth-order valence-electron chi connectivity index (χ4n) is 5.84. The van der Waals surface area contributed by atoms with Crippen LogP contribution in [0.15, 0.2) is 12.2 Å². The van der Waals surface area contributed by atoms with Crippen molar-refractivity contribution in [3.63, 3.8) is 0 Å². The van der Waals surface area contributed by atoms with Crippen molar-refractivity contribution in [3.8, 4) is 0 Å². The zero-order valence-corrected chi connectivity index (χ0v) is 31.7. The summed E-state index contributed by atoms with van der Waals surface area (Å²) in [6, 6.07) is 0.280. The van der Waals surface area contributed by atoms with Crippen molar-refractivity contribution < 1.29 is 44.2 Å². The van der Waals surface area contributed by atoms with Gasteiger partial charge in [0.15, 0.2) is 6.29 Å². The zero-order valence-electron chi connectivity index (χ0n) is 31.7. The number of carbonyl (C=O) groups is 1. The lowest BCUT2D eigenvalue weighted by molar-refractivity contribution is -0.272. The fraction of sp³-hybridized carbons (Fsp3) is 0.914. The summed E-state index contributed by atoms with van der Waals surface area (Å²) in [6.07, 6.45) is -0.698. The van der Waals surface area contributed by atoms with E-state index in [0.29, 0.717) is 32.1 Å². The Morgan fingerprint density at radius 3 is 2.28 bits per heavy atom.